The Morgan fingerprint density at radius 3 is 2.71 bits per heavy atom. The summed E-state index contributed by atoms with van der Waals surface area (Å²) < 4.78 is 0. The van der Waals surface area contributed by atoms with Crippen LogP contribution in [-0.2, 0) is 0 Å². The third-order valence-corrected chi connectivity index (χ3v) is 3.09. The number of aromatic amines is 1. The maximum absolute atomic E-state index is 11.8. The predicted octanol–water partition coefficient (Wildman–Crippen LogP) is 1.74. The molecule has 0 saturated heterocycles. The molecule has 2 rings (SSSR count). The molecule has 0 aliphatic carbocycles. The second-order valence-electron chi connectivity index (χ2n) is 4.59. The van der Waals surface area contributed by atoms with Crippen LogP contribution in [0, 0.1) is 10.1 Å². The minimum atomic E-state index is -0.557. The minimum Gasteiger partial charge on any atom is -0.351 e. The van der Waals surface area contributed by atoms with Crippen LogP contribution in [0.2, 0.25) is 0 Å². The lowest BCUT2D eigenvalue weighted by Gasteiger charge is -2.12. The first-order valence-corrected chi connectivity index (χ1v) is 6.49. The van der Waals surface area contributed by atoms with Gasteiger partial charge >= 0.3 is 0 Å². The quantitative estimate of drug-likeness (QED) is 0.554. The Kier molecular flexibility index (Phi) is 4.68. The smallest absolute Gasteiger partial charge is 0.287 e. The topological polar surface area (TPSA) is 114 Å². The SMILES string of the molecule is NC(CCNC(=O)c1cc([N+](=O)[O-])c[nH]1)c1ccccc1. The van der Waals surface area contributed by atoms with Crippen molar-refractivity contribution in [2.75, 3.05) is 6.54 Å². The first kappa shape index (κ1) is 14.7. The van der Waals surface area contributed by atoms with Crippen molar-refractivity contribution in [2.45, 2.75) is 12.5 Å². The molecule has 0 saturated carbocycles. The Morgan fingerprint density at radius 1 is 1.38 bits per heavy atom. The molecule has 0 radical (unpaired) electrons. The van der Waals surface area contributed by atoms with E-state index in [0.717, 1.165) is 5.56 Å². The number of nitrogens with two attached hydrogens (primary N) is 1. The highest BCUT2D eigenvalue weighted by Gasteiger charge is 2.14. The molecule has 1 aromatic heterocycles. The highest BCUT2D eigenvalue weighted by molar-refractivity contribution is 5.93. The summed E-state index contributed by atoms with van der Waals surface area (Å²) in [5.41, 5.74) is 7.04. The fourth-order valence-corrected chi connectivity index (χ4v) is 1.92. The summed E-state index contributed by atoms with van der Waals surface area (Å²) in [7, 11) is 0. The van der Waals surface area contributed by atoms with Crippen molar-refractivity contribution in [1.82, 2.24) is 10.3 Å². The van der Waals surface area contributed by atoms with Crippen molar-refractivity contribution in [3.05, 3.63) is 64.0 Å². The number of nitrogens with zero attached hydrogens (tertiary/aromatic N) is 1. The van der Waals surface area contributed by atoms with Crippen LogP contribution >= 0.6 is 0 Å². The van der Waals surface area contributed by atoms with Gasteiger partial charge in [-0.05, 0) is 12.0 Å². The van der Waals surface area contributed by atoms with Crippen molar-refractivity contribution in [1.29, 1.82) is 0 Å². The van der Waals surface area contributed by atoms with Gasteiger partial charge in [0.25, 0.3) is 11.6 Å². The molecule has 7 heteroatoms. The van der Waals surface area contributed by atoms with Gasteiger partial charge in [-0.3, -0.25) is 14.9 Å². The van der Waals surface area contributed by atoms with Gasteiger partial charge in [-0.15, -0.1) is 0 Å². The zero-order valence-corrected chi connectivity index (χ0v) is 11.3. The molecule has 110 valence electrons. The van der Waals surface area contributed by atoms with E-state index < -0.39 is 4.92 Å². The number of carbonyl (C=O) groups excluding carboxylic acids is 1. The van der Waals surface area contributed by atoms with Crippen molar-refractivity contribution in [3.63, 3.8) is 0 Å². The fourth-order valence-electron chi connectivity index (χ4n) is 1.92. The number of carbonyl (C=O) groups is 1. The number of nitrogens with one attached hydrogen (secondary N) is 2. The van der Waals surface area contributed by atoms with Gasteiger partial charge in [0.1, 0.15) is 5.69 Å². The maximum atomic E-state index is 11.8. The lowest BCUT2D eigenvalue weighted by molar-refractivity contribution is -0.384. The number of amides is 1. The molecule has 1 aromatic carbocycles. The van der Waals surface area contributed by atoms with E-state index in [1.807, 2.05) is 30.3 Å². The summed E-state index contributed by atoms with van der Waals surface area (Å²) in [5, 5.41) is 13.2. The van der Waals surface area contributed by atoms with Crippen LogP contribution in [-0.4, -0.2) is 22.4 Å². The summed E-state index contributed by atoms with van der Waals surface area (Å²) >= 11 is 0. The van der Waals surface area contributed by atoms with E-state index in [4.69, 9.17) is 5.73 Å². The Morgan fingerprint density at radius 2 is 2.10 bits per heavy atom. The summed E-state index contributed by atoms with van der Waals surface area (Å²) in [6, 6.07) is 10.6. The van der Waals surface area contributed by atoms with Crippen molar-refractivity contribution >= 4 is 11.6 Å². The summed E-state index contributed by atoms with van der Waals surface area (Å²) in [6.45, 7) is 0.391. The van der Waals surface area contributed by atoms with Gasteiger partial charge in [0, 0.05) is 18.7 Å². The summed E-state index contributed by atoms with van der Waals surface area (Å²) in [6.07, 6.45) is 1.77. The van der Waals surface area contributed by atoms with Gasteiger partial charge in [0.15, 0.2) is 0 Å². The average molecular weight is 288 g/mol. The average Bonchev–Trinajstić information content (AvgIpc) is 2.98. The maximum Gasteiger partial charge on any atom is 0.287 e. The zero-order valence-electron chi connectivity index (χ0n) is 11.3. The molecule has 7 nitrogen and oxygen atoms in total. The number of hydrogen-bond acceptors (Lipinski definition) is 4. The molecule has 4 N–H and O–H groups in total. The molecule has 1 heterocycles. The number of benzene rings is 1. The largest absolute Gasteiger partial charge is 0.351 e. The molecule has 1 unspecified atom stereocenters. The first-order chi connectivity index (χ1) is 10.1. The molecule has 21 heavy (non-hydrogen) atoms. The normalized spacial score (nSPS) is 11.9. The second kappa shape index (κ2) is 6.67. The van der Waals surface area contributed by atoms with E-state index in [9.17, 15) is 14.9 Å². The Hall–Kier alpha value is -2.67. The summed E-state index contributed by atoms with van der Waals surface area (Å²) in [4.78, 5) is 24.3. The van der Waals surface area contributed by atoms with Crippen LogP contribution in [0.15, 0.2) is 42.6 Å². The Labute approximate surface area is 121 Å². The highest BCUT2D eigenvalue weighted by Crippen LogP contribution is 2.13. The van der Waals surface area contributed by atoms with E-state index in [1.165, 1.54) is 12.3 Å². The molecule has 1 atom stereocenters. The lowest BCUT2D eigenvalue weighted by atomic mass is 10.1. The van der Waals surface area contributed by atoms with Crippen LogP contribution in [0.25, 0.3) is 0 Å². The molecule has 0 aliphatic heterocycles. The monoisotopic (exact) mass is 288 g/mol. The number of nitro groups is 1. The molecule has 1 amide bonds. The molecular formula is C14H16N4O3. The molecule has 0 fully saturated rings. The van der Waals surface area contributed by atoms with E-state index in [2.05, 4.69) is 10.3 Å². The number of H-pyrrole nitrogens is 1. The van der Waals surface area contributed by atoms with Crippen LogP contribution in [0.3, 0.4) is 0 Å². The lowest BCUT2D eigenvalue weighted by Crippen LogP contribution is -2.27. The van der Waals surface area contributed by atoms with Crippen molar-refractivity contribution in [3.8, 4) is 0 Å². The predicted molar refractivity (Wildman–Crippen MR) is 77.8 cm³/mol. The Balaban J connectivity index is 1.82. The van der Waals surface area contributed by atoms with E-state index in [1.54, 1.807) is 0 Å². The zero-order chi connectivity index (χ0) is 15.2. The number of rotatable bonds is 6. The molecule has 0 aliphatic rings. The third kappa shape index (κ3) is 3.90. The Bertz CT molecular complexity index is 624. The van der Waals surface area contributed by atoms with Gasteiger partial charge in [-0.25, -0.2) is 0 Å². The van der Waals surface area contributed by atoms with Crippen molar-refractivity contribution < 1.29 is 9.72 Å². The molecule has 2 aromatic rings. The molecular weight excluding hydrogens is 272 g/mol. The van der Waals surface area contributed by atoms with Gasteiger partial charge < -0.3 is 16.0 Å². The van der Waals surface area contributed by atoms with E-state index in [-0.39, 0.29) is 23.3 Å². The highest BCUT2D eigenvalue weighted by atomic mass is 16.6. The van der Waals surface area contributed by atoms with Crippen LogP contribution in [0.4, 0.5) is 5.69 Å². The van der Waals surface area contributed by atoms with Crippen LogP contribution in [0.5, 0.6) is 0 Å². The third-order valence-electron chi connectivity index (χ3n) is 3.09. The molecule has 0 spiro atoms. The van der Waals surface area contributed by atoms with E-state index >= 15 is 0 Å². The summed E-state index contributed by atoms with van der Waals surface area (Å²) in [5.74, 6) is -0.386. The number of hydrogen-bond donors (Lipinski definition) is 3. The minimum absolute atomic E-state index is 0.138. The van der Waals surface area contributed by atoms with E-state index in [0.29, 0.717) is 13.0 Å². The van der Waals surface area contributed by atoms with Crippen LogP contribution in [0.1, 0.15) is 28.5 Å². The standard InChI is InChI=1S/C14H16N4O3/c15-12(10-4-2-1-3-5-10)6-7-16-14(19)13-8-11(9-17-13)18(20)21/h1-5,8-9,12,17H,6-7,15H2,(H,16,19). The molecule has 0 bridgehead atoms. The van der Waals surface area contributed by atoms with Gasteiger partial charge in [0.05, 0.1) is 11.1 Å². The van der Waals surface area contributed by atoms with Gasteiger partial charge in [0.2, 0.25) is 0 Å². The van der Waals surface area contributed by atoms with Crippen molar-refractivity contribution in [2.24, 2.45) is 5.73 Å². The second-order valence-corrected chi connectivity index (χ2v) is 4.59. The van der Waals surface area contributed by atoms with Gasteiger partial charge in [-0.2, -0.15) is 0 Å². The van der Waals surface area contributed by atoms with Crippen LogP contribution < -0.4 is 11.1 Å². The fraction of sp³-hybridized carbons (Fsp3) is 0.214. The first-order valence-electron chi connectivity index (χ1n) is 6.49. The van der Waals surface area contributed by atoms with Gasteiger partial charge in [-0.1, -0.05) is 30.3 Å². The number of aromatic nitrogens is 1.